The fourth-order valence-corrected chi connectivity index (χ4v) is 5.96. The molecule has 1 saturated carbocycles. The lowest BCUT2D eigenvalue weighted by molar-refractivity contribution is -0.140. The molecule has 0 amide bonds. The summed E-state index contributed by atoms with van der Waals surface area (Å²) in [6.07, 6.45) is 3.85. The van der Waals surface area contributed by atoms with E-state index in [1.54, 1.807) is 13.8 Å². The van der Waals surface area contributed by atoms with Crippen LogP contribution in [0.3, 0.4) is 0 Å². The summed E-state index contributed by atoms with van der Waals surface area (Å²) in [5, 5.41) is 0.839. The minimum Gasteiger partial charge on any atom is -0.465 e. The third-order valence-corrected chi connectivity index (χ3v) is 7.17. The van der Waals surface area contributed by atoms with E-state index >= 15 is 0 Å². The number of ether oxygens (including phenoxy) is 2. The molecule has 1 spiro atoms. The molecule has 1 aromatic rings. The van der Waals surface area contributed by atoms with Crippen molar-refractivity contribution < 1.29 is 19.1 Å². The van der Waals surface area contributed by atoms with E-state index in [1.807, 2.05) is 30.3 Å². The van der Waals surface area contributed by atoms with Crippen LogP contribution in [0.1, 0.15) is 45.1 Å². The Labute approximate surface area is 174 Å². The molecular weight excluding hydrogens is 394 g/mol. The van der Waals surface area contributed by atoms with Crippen molar-refractivity contribution in [3.05, 3.63) is 45.7 Å². The smallest absolute Gasteiger partial charge is 0.345 e. The number of carbonyl (C=O) groups is 2. The zero-order valence-electron chi connectivity index (χ0n) is 16.2. The number of thioether (sulfide) groups is 2. The molecule has 1 heterocycles. The van der Waals surface area contributed by atoms with Crippen molar-refractivity contribution in [2.24, 2.45) is 4.99 Å². The molecule has 1 aliphatic carbocycles. The van der Waals surface area contributed by atoms with E-state index < -0.39 is 5.54 Å². The van der Waals surface area contributed by atoms with Crippen LogP contribution in [0.4, 0.5) is 0 Å². The number of aliphatic imine (C=N–C) groups is 1. The van der Waals surface area contributed by atoms with Crippen LogP contribution >= 0.6 is 23.5 Å². The first kappa shape index (κ1) is 21.0. The quantitative estimate of drug-likeness (QED) is 0.604. The highest BCUT2D eigenvalue weighted by Gasteiger charge is 2.44. The Bertz CT molecular complexity index is 783. The summed E-state index contributed by atoms with van der Waals surface area (Å²) in [4.78, 5) is 31.3. The molecule has 1 aliphatic heterocycles. The molecule has 0 saturated heterocycles. The summed E-state index contributed by atoms with van der Waals surface area (Å²) in [5.41, 5.74) is 0.547. The van der Waals surface area contributed by atoms with Gasteiger partial charge in [-0.2, -0.15) is 0 Å². The number of carbonyl (C=O) groups excluding carboxylic acids is 2. The molecule has 0 bridgehead atoms. The van der Waals surface area contributed by atoms with Crippen LogP contribution in [0.5, 0.6) is 0 Å². The maximum atomic E-state index is 12.8. The predicted molar refractivity (Wildman–Crippen MR) is 115 cm³/mol. The number of esters is 2. The summed E-state index contributed by atoms with van der Waals surface area (Å²) in [5.74, 6) is -0.447. The van der Waals surface area contributed by atoms with Crippen LogP contribution < -0.4 is 0 Å². The van der Waals surface area contributed by atoms with Crippen molar-refractivity contribution in [1.82, 2.24) is 0 Å². The van der Waals surface area contributed by atoms with Crippen LogP contribution in [0.2, 0.25) is 0 Å². The second kappa shape index (κ2) is 9.65. The van der Waals surface area contributed by atoms with Gasteiger partial charge in [-0.3, -0.25) is 9.79 Å². The first-order valence-corrected chi connectivity index (χ1v) is 11.4. The molecule has 28 heavy (non-hydrogen) atoms. The Morgan fingerprint density at radius 1 is 1.11 bits per heavy atom. The standard InChI is InChI=1S/C21H25NO4S2/c1-3-25-16(23)14-27-18-17(20(24)26-4-2)28-19(15-10-6-5-7-11-15)22-21(18)12-8-9-13-21/h5-7,10-11H,3-4,8-9,12-14H2,1-2H3. The second-order valence-corrected chi connectivity index (χ2v) is 8.58. The molecule has 0 aromatic heterocycles. The maximum Gasteiger partial charge on any atom is 0.345 e. The zero-order chi connectivity index (χ0) is 20.0. The van der Waals surface area contributed by atoms with Crippen LogP contribution in [0, 0.1) is 0 Å². The lowest BCUT2D eigenvalue weighted by atomic mass is 9.96. The zero-order valence-corrected chi connectivity index (χ0v) is 17.9. The molecule has 5 nitrogen and oxygen atoms in total. The van der Waals surface area contributed by atoms with Crippen LogP contribution in [-0.4, -0.2) is 41.5 Å². The van der Waals surface area contributed by atoms with Crippen molar-refractivity contribution >= 4 is 40.5 Å². The van der Waals surface area contributed by atoms with Gasteiger partial charge in [0.15, 0.2) is 0 Å². The van der Waals surface area contributed by atoms with E-state index in [-0.39, 0.29) is 17.7 Å². The van der Waals surface area contributed by atoms with Gasteiger partial charge >= 0.3 is 11.9 Å². The monoisotopic (exact) mass is 419 g/mol. The van der Waals surface area contributed by atoms with Crippen molar-refractivity contribution in [2.75, 3.05) is 19.0 Å². The number of benzene rings is 1. The van der Waals surface area contributed by atoms with Gasteiger partial charge in [0.05, 0.1) is 24.5 Å². The molecule has 0 atom stereocenters. The maximum absolute atomic E-state index is 12.8. The minimum absolute atomic E-state index is 0.171. The number of rotatable bonds is 7. The van der Waals surface area contributed by atoms with Crippen molar-refractivity contribution in [1.29, 1.82) is 0 Å². The van der Waals surface area contributed by atoms with Gasteiger partial charge in [0.25, 0.3) is 0 Å². The Morgan fingerprint density at radius 3 is 2.43 bits per heavy atom. The van der Waals surface area contributed by atoms with E-state index in [0.717, 1.165) is 41.2 Å². The second-order valence-electron chi connectivity index (χ2n) is 6.60. The first-order chi connectivity index (χ1) is 13.6. The minimum atomic E-state index is -0.449. The van der Waals surface area contributed by atoms with Gasteiger partial charge in [0.2, 0.25) is 0 Å². The molecule has 2 aliphatic rings. The molecule has 0 radical (unpaired) electrons. The van der Waals surface area contributed by atoms with Crippen molar-refractivity contribution in [3.63, 3.8) is 0 Å². The lowest BCUT2D eigenvalue weighted by Gasteiger charge is -2.33. The van der Waals surface area contributed by atoms with Gasteiger partial charge in [0.1, 0.15) is 9.95 Å². The Balaban J connectivity index is 1.99. The van der Waals surface area contributed by atoms with Gasteiger partial charge in [-0.1, -0.05) is 54.9 Å². The third-order valence-electron chi connectivity index (χ3n) is 4.70. The highest BCUT2D eigenvalue weighted by atomic mass is 32.2. The van der Waals surface area contributed by atoms with Crippen LogP contribution in [0.25, 0.3) is 0 Å². The summed E-state index contributed by atoms with van der Waals surface area (Å²) in [6.45, 7) is 4.25. The third kappa shape index (κ3) is 4.63. The molecule has 7 heteroatoms. The van der Waals surface area contributed by atoms with Gasteiger partial charge in [-0.15, -0.1) is 11.8 Å². The van der Waals surface area contributed by atoms with Gasteiger partial charge < -0.3 is 9.47 Å². The van der Waals surface area contributed by atoms with Crippen molar-refractivity contribution in [2.45, 2.75) is 45.1 Å². The summed E-state index contributed by atoms with van der Waals surface area (Å²) < 4.78 is 10.4. The number of hydrogen-bond donors (Lipinski definition) is 0. The van der Waals surface area contributed by atoms with Gasteiger partial charge in [-0.25, -0.2) is 4.79 Å². The van der Waals surface area contributed by atoms with Crippen LogP contribution in [-0.2, 0) is 19.1 Å². The number of nitrogens with zero attached hydrogens (tertiary/aromatic N) is 1. The van der Waals surface area contributed by atoms with E-state index in [2.05, 4.69) is 0 Å². The molecular formula is C21H25NO4S2. The molecule has 3 rings (SSSR count). The highest BCUT2D eigenvalue weighted by Crippen LogP contribution is 2.51. The largest absolute Gasteiger partial charge is 0.465 e. The first-order valence-electron chi connectivity index (χ1n) is 9.63. The highest BCUT2D eigenvalue weighted by molar-refractivity contribution is 8.19. The summed E-state index contributed by atoms with van der Waals surface area (Å²) >= 11 is 2.73. The van der Waals surface area contributed by atoms with Crippen molar-refractivity contribution in [3.8, 4) is 0 Å². The molecule has 150 valence electrons. The predicted octanol–water partition coefficient (Wildman–Crippen LogP) is 4.56. The average Bonchev–Trinajstić information content (AvgIpc) is 3.16. The molecule has 0 N–H and O–H groups in total. The van der Waals surface area contributed by atoms with E-state index in [0.29, 0.717) is 18.1 Å². The van der Waals surface area contributed by atoms with E-state index in [4.69, 9.17) is 14.5 Å². The Kier molecular flexibility index (Phi) is 7.24. The van der Waals surface area contributed by atoms with E-state index in [9.17, 15) is 9.59 Å². The number of hydrogen-bond acceptors (Lipinski definition) is 7. The van der Waals surface area contributed by atoms with E-state index in [1.165, 1.54) is 23.5 Å². The fourth-order valence-electron chi connectivity index (χ4n) is 3.49. The topological polar surface area (TPSA) is 65.0 Å². The SMILES string of the molecule is CCOC(=O)CSC1=C(C(=O)OCC)SC(c2ccccc2)=NC12CCCC2. The summed E-state index contributed by atoms with van der Waals surface area (Å²) in [7, 11) is 0. The Hall–Kier alpha value is -1.73. The fraction of sp³-hybridized carbons (Fsp3) is 0.476. The average molecular weight is 420 g/mol. The molecule has 1 fully saturated rings. The van der Waals surface area contributed by atoms with Gasteiger partial charge in [-0.05, 0) is 26.7 Å². The van der Waals surface area contributed by atoms with Crippen LogP contribution in [0.15, 0.2) is 45.1 Å². The molecule has 0 unspecified atom stereocenters. The van der Waals surface area contributed by atoms with Gasteiger partial charge in [0, 0.05) is 10.5 Å². The molecule has 1 aromatic carbocycles. The summed E-state index contributed by atoms with van der Waals surface area (Å²) in [6, 6.07) is 9.92. The normalized spacial score (nSPS) is 18.1. The Morgan fingerprint density at radius 2 is 1.79 bits per heavy atom. The lowest BCUT2D eigenvalue weighted by Crippen LogP contribution is -2.32.